The maximum Gasteiger partial charge on any atom is 0.193 e. The average Bonchev–Trinajstić information content (AvgIpc) is 2.50. The van der Waals surface area contributed by atoms with Gasteiger partial charge in [0.2, 0.25) is 0 Å². The topological polar surface area (TPSA) is 30.9 Å². The monoisotopic (exact) mass is 408 g/mol. The Balaban J connectivity index is 0.00000220. The Morgan fingerprint density at radius 3 is 2.52 bits per heavy atom. The van der Waals surface area contributed by atoms with Gasteiger partial charge in [0.1, 0.15) is 0 Å². The molecule has 1 unspecified atom stereocenters. The van der Waals surface area contributed by atoms with Crippen molar-refractivity contribution in [1.29, 1.82) is 0 Å². The fourth-order valence-corrected chi connectivity index (χ4v) is 3.39. The average molecular weight is 408 g/mol. The molecule has 4 nitrogen and oxygen atoms in total. The van der Waals surface area contributed by atoms with Crippen LogP contribution in [0.25, 0.3) is 0 Å². The van der Waals surface area contributed by atoms with Crippen LogP contribution in [-0.2, 0) is 0 Å². The summed E-state index contributed by atoms with van der Waals surface area (Å²) in [4.78, 5) is 9.48. The van der Waals surface area contributed by atoms with Crippen molar-refractivity contribution in [2.75, 3.05) is 46.3 Å². The van der Waals surface area contributed by atoms with Gasteiger partial charge in [-0.2, -0.15) is 0 Å². The summed E-state index contributed by atoms with van der Waals surface area (Å²) in [5, 5.41) is 3.62. The molecular formula is C16H33IN4. The third kappa shape index (κ3) is 5.93. The van der Waals surface area contributed by atoms with E-state index in [9.17, 15) is 0 Å². The van der Waals surface area contributed by atoms with Crippen LogP contribution in [0.4, 0.5) is 0 Å². The van der Waals surface area contributed by atoms with Crippen molar-refractivity contribution in [2.45, 2.75) is 39.5 Å². The first-order chi connectivity index (χ1) is 9.72. The number of nitrogens with one attached hydrogen (secondary N) is 1. The maximum absolute atomic E-state index is 4.48. The number of aliphatic imine (C=N–C) groups is 1. The van der Waals surface area contributed by atoms with Gasteiger partial charge in [0, 0.05) is 33.2 Å². The Morgan fingerprint density at radius 2 is 1.90 bits per heavy atom. The van der Waals surface area contributed by atoms with E-state index in [0.29, 0.717) is 0 Å². The molecule has 2 fully saturated rings. The molecule has 1 atom stereocenters. The summed E-state index contributed by atoms with van der Waals surface area (Å²) >= 11 is 0. The summed E-state index contributed by atoms with van der Waals surface area (Å²) in [6.07, 6.45) is 5.30. The van der Waals surface area contributed by atoms with Crippen molar-refractivity contribution in [3.8, 4) is 0 Å². The highest BCUT2D eigenvalue weighted by atomic mass is 127. The number of hydrogen-bond donors (Lipinski definition) is 1. The van der Waals surface area contributed by atoms with Crippen LogP contribution in [-0.4, -0.2) is 62.1 Å². The predicted molar refractivity (Wildman–Crippen MR) is 102 cm³/mol. The van der Waals surface area contributed by atoms with Gasteiger partial charge in [-0.1, -0.05) is 13.8 Å². The van der Waals surface area contributed by atoms with Crippen LogP contribution < -0.4 is 5.32 Å². The highest BCUT2D eigenvalue weighted by Gasteiger charge is 2.21. The zero-order valence-electron chi connectivity index (χ0n) is 14.0. The van der Waals surface area contributed by atoms with E-state index in [1.54, 1.807) is 0 Å². The predicted octanol–water partition coefficient (Wildman–Crippen LogP) is 2.64. The van der Waals surface area contributed by atoms with Gasteiger partial charge in [-0.05, 0) is 50.6 Å². The summed E-state index contributed by atoms with van der Waals surface area (Å²) in [6.45, 7) is 11.7. The zero-order chi connectivity index (χ0) is 14.4. The fraction of sp³-hybridized carbons (Fsp3) is 0.938. The van der Waals surface area contributed by atoms with Gasteiger partial charge in [-0.3, -0.25) is 4.99 Å². The standard InChI is InChI=1S/C16H32N4.HI/c1-4-19-9-5-6-15(13-19)12-18-16(17-3)20-10-7-14(2)8-11-20;/h14-15H,4-13H2,1-3H3,(H,17,18);1H. The molecular weight excluding hydrogens is 375 g/mol. The summed E-state index contributed by atoms with van der Waals surface area (Å²) in [5.41, 5.74) is 0. The lowest BCUT2D eigenvalue weighted by Gasteiger charge is -2.35. The van der Waals surface area contributed by atoms with Gasteiger partial charge in [-0.25, -0.2) is 0 Å². The third-order valence-corrected chi connectivity index (χ3v) is 4.89. The van der Waals surface area contributed by atoms with Crippen molar-refractivity contribution in [3.05, 3.63) is 0 Å². The minimum Gasteiger partial charge on any atom is -0.356 e. The largest absolute Gasteiger partial charge is 0.356 e. The number of piperidine rings is 2. The molecule has 0 aliphatic carbocycles. The Hall–Kier alpha value is -0.0400. The molecule has 0 aromatic rings. The third-order valence-electron chi connectivity index (χ3n) is 4.89. The summed E-state index contributed by atoms with van der Waals surface area (Å²) in [7, 11) is 1.92. The Labute approximate surface area is 147 Å². The lowest BCUT2D eigenvalue weighted by atomic mass is 9.98. The number of hydrogen-bond acceptors (Lipinski definition) is 2. The van der Waals surface area contributed by atoms with Gasteiger partial charge < -0.3 is 15.1 Å². The first-order valence-electron chi connectivity index (χ1n) is 8.40. The van der Waals surface area contributed by atoms with E-state index >= 15 is 0 Å². The first-order valence-corrected chi connectivity index (χ1v) is 8.40. The van der Waals surface area contributed by atoms with Gasteiger partial charge in [0.25, 0.3) is 0 Å². The molecule has 0 aromatic heterocycles. The number of nitrogens with zero attached hydrogens (tertiary/aromatic N) is 3. The minimum absolute atomic E-state index is 0. The summed E-state index contributed by atoms with van der Waals surface area (Å²) < 4.78 is 0. The highest BCUT2D eigenvalue weighted by Crippen LogP contribution is 2.17. The van der Waals surface area contributed by atoms with Crippen LogP contribution in [0.1, 0.15) is 39.5 Å². The number of guanidine groups is 1. The molecule has 0 aromatic carbocycles. The zero-order valence-corrected chi connectivity index (χ0v) is 16.3. The van der Waals surface area contributed by atoms with Crippen molar-refractivity contribution in [2.24, 2.45) is 16.8 Å². The van der Waals surface area contributed by atoms with Crippen LogP contribution >= 0.6 is 24.0 Å². The lowest BCUT2D eigenvalue weighted by molar-refractivity contribution is 0.182. The van der Waals surface area contributed by atoms with E-state index in [0.717, 1.165) is 37.4 Å². The van der Waals surface area contributed by atoms with Crippen molar-refractivity contribution >= 4 is 29.9 Å². The van der Waals surface area contributed by atoms with Gasteiger partial charge in [-0.15, -0.1) is 24.0 Å². The molecule has 2 saturated heterocycles. The quantitative estimate of drug-likeness (QED) is 0.443. The SMILES string of the molecule is CCN1CCCC(CNC(=NC)N2CCC(C)CC2)C1.I. The normalized spacial score (nSPS) is 25.6. The van der Waals surface area contributed by atoms with Crippen LogP contribution in [0.2, 0.25) is 0 Å². The van der Waals surface area contributed by atoms with Crippen LogP contribution in [0, 0.1) is 11.8 Å². The summed E-state index contributed by atoms with van der Waals surface area (Å²) in [5.74, 6) is 2.77. The molecule has 124 valence electrons. The molecule has 0 bridgehead atoms. The van der Waals surface area contributed by atoms with E-state index in [2.05, 4.69) is 34.0 Å². The number of halogens is 1. The smallest absolute Gasteiger partial charge is 0.193 e. The lowest BCUT2D eigenvalue weighted by Crippen LogP contribution is -2.48. The van der Waals surface area contributed by atoms with E-state index in [4.69, 9.17) is 0 Å². The fourth-order valence-electron chi connectivity index (χ4n) is 3.39. The van der Waals surface area contributed by atoms with Gasteiger partial charge >= 0.3 is 0 Å². The first kappa shape index (κ1) is 19.0. The molecule has 0 radical (unpaired) electrons. The van der Waals surface area contributed by atoms with Crippen LogP contribution in [0.15, 0.2) is 4.99 Å². The molecule has 21 heavy (non-hydrogen) atoms. The van der Waals surface area contributed by atoms with Gasteiger partial charge in [0.05, 0.1) is 0 Å². The number of likely N-dealkylation sites (tertiary alicyclic amines) is 2. The minimum atomic E-state index is 0. The molecule has 1 N–H and O–H groups in total. The van der Waals surface area contributed by atoms with E-state index in [1.807, 2.05) is 7.05 Å². The molecule has 2 aliphatic rings. The Kier molecular flexibility index (Phi) is 8.94. The molecule has 2 heterocycles. The van der Waals surface area contributed by atoms with Crippen molar-refractivity contribution in [3.63, 3.8) is 0 Å². The molecule has 2 aliphatic heterocycles. The maximum atomic E-state index is 4.48. The molecule has 5 heteroatoms. The molecule has 0 spiro atoms. The highest BCUT2D eigenvalue weighted by molar-refractivity contribution is 14.0. The second kappa shape index (κ2) is 9.87. The second-order valence-corrected chi connectivity index (χ2v) is 6.50. The molecule has 0 saturated carbocycles. The van der Waals surface area contributed by atoms with Gasteiger partial charge in [0.15, 0.2) is 5.96 Å². The van der Waals surface area contributed by atoms with E-state index in [1.165, 1.54) is 45.3 Å². The second-order valence-electron chi connectivity index (χ2n) is 6.50. The van der Waals surface area contributed by atoms with Crippen molar-refractivity contribution in [1.82, 2.24) is 15.1 Å². The Morgan fingerprint density at radius 1 is 1.19 bits per heavy atom. The van der Waals surface area contributed by atoms with Crippen molar-refractivity contribution < 1.29 is 0 Å². The van der Waals surface area contributed by atoms with E-state index in [-0.39, 0.29) is 24.0 Å². The molecule has 2 rings (SSSR count). The Bertz CT molecular complexity index is 313. The molecule has 0 amide bonds. The number of rotatable bonds is 3. The van der Waals surface area contributed by atoms with E-state index < -0.39 is 0 Å². The summed E-state index contributed by atoms with van der Waals surface area (Å²) in [6, 6.07) is 0. The van der Waals surface area contributed by atoms with Crippen LogP contribution in [0.5, 0.6) is 0 Å². The van der Waals surface area contributed by atoms with Crippen LogP contribution in [0.3, 0.4) is 0 Å².